The van der Waals surface area contributed by atoms with Crippen molar-refractivity contribution in [2.75, 3.05) is 12.9 Å². The normalized spacial score (nSPS) is 14.0. The minimum atomic E-state index is -3.63. The Hall–Kier alpha value is -2.62. The lowest BCUT2D eigenvalue weighted by Gasteiger charge is -2.43. The van der Waals surface area contributed by atoms with Crippen LogP contribution in [0.1, 0.15) is 98.1 Å². The highest BCUT2D eigenvalue weighted by atomic mass is 35.5. The van der Waals surface area contributed by atoms with Crippen molar-refractivity contribution in [1.82, 2.24) is 14.5 Å². The number of ether oxygens (including phenoxy) is 1. The van der Waals surface area contributed by atoms with E-state index in [4.69, 9.17) is 16.3 Å². The van der Waals surface area contributed by atoms with Crippen molar-refractivity contribution in [3.63, 3.8) is 0 Å². The van der Waals surface area contributed by atoms with Crippen LogP contribution in [-0.2, 0) is 14.6 Å². The lowest BCUT2D eigenvalue weighted by Crippen LogP contribution is -2.43. The van der Waals surface area contributed by atoms with Crippen molar-refractivity contribution in [2.45, 2.75) is 103 Å². The van der Waals surface area contributed by atoms with Crippen LogP contribution in [0.4, 0.5) is 4.39 Å². The van der Waals surface area contributed by atoms with Gasteiger partial charge in [-0.1, -0.05) is 83.9 Å². The van der Waals surface area contributed by atoms with Crippen LogP contribution in [0.25, 0.3) is 11.3 Å². The summed E-state index contributed by atoms with van der Waals surface area (Å²) in [4.78, 5) is 21.5. The second-order valence-corrected chi connectivity index (χ2v) is 15.6. The van der Waals surface area contributed by atoms with E-state index in [9.17, 15) is 17.6 Å². The molecule has 0 saturated heterocycles. The third kappa shape index (κ3) is 9.69. The zero-order valence-electron chi connectivity index (χ0n) is 27.1. The summed E-state index contributed by atoms with van der Waals surface area (Å²) in [6.07, 6.45) is 12.3. The van der Waals surface area contributed by atoms with E-state index in [-0.39, 0.29) is 33.7 Å². The highest BCUT2D eigenvalue weighted by Gasteiger charge is 2.39. The molecule has 7 nitrogen and oxygen atoms in total. The summed E-state index contributed by atoms with van der Waals surface area (Å²) in [7, 11) is -3.63. The lowest BCUT2D eigenvalue weighted by atomic mass is 9.69. The van der Waals surface area contributed by atoms with Crippen molar-refractivity contribution < 1.29 is 17.5 Å². The summed E-state index contributed by atoms with van der Waals surface area (Å²) in [6.45, 7) is 13.2. The maximum atomic E-state index is 14.7. The molecule has 2 heterocycles. The zero-order valence-corrected chi connectivity index (χ0v) is 28.6. The Morgan fingerprint density at radius 2 is 1.68 bits per heavy atom. The van der Waals surface area contributed by atoms with Crippen molar-refractivity contribution >= 4 is 21.4 Å². The molecule has 0 aliphatic heterocycles. The van der Waals surface area contributed by atoms with E-state index in [1.807, 2.05) is 0 Å². The standard InChI is InChI=1S/C34H47ClFN3O4S/c1-8-9-10-11-12-13-14-30(33(2,3)4)34(5,6)43-23-29(25-15-16-26(35)27(36)21-25)39-20-18-24(22-31(39)40)28-17-19-37-32(38-28)44(7,41)42/h15-22,29-30H,8-14,23H2,1-7H3/t29-,30?/m1/s1. The molecule has 0 aliphatic rings. The van der Waals surface area contributed by atoms with Crippen LogP contribution in [0.15, 0.2) is 58.7 Å². The smallest absolute Gasteiger partial charge is 0.251 e. The van der Waals surface area contributed by atoms with Crippen LogP contribution in [-0.4, -0.2) is 41.4 Å². The second-order valence-electron chi connectivity index (χ2n) is 13.2. The molecule has 1 aromatic carbocycles. The first-order chi connectivity index (χ1) is 20.5. The maximum Gasteiger partial charge on any atom is 0.251 e. The minimum absolute atomic E-state index is 0.00591. The number of nitrogens with zero attached hydrogens (tertiary/aromatic N) is 3. The Balaban J connectivity index is 1.93. The molecule has 0 aliphatic carbocycles. The molecule has 0 N–H and O–H groups in total. The summed E-state index contributed by atoms with van der Waals surface area (Å²) in [5.74, 6) is -0.340. The van der Waals surface area contributed by atoms with Gasteiger partial charge in [0.05, 0.1) is 29.0 Å². The molecule has 1 unspecified atom stereocenters. The molecular formula is C34H47ClFN3O4S. The van der Waals surface area contributed by atoms with Gasteiger partial charge >= 0.3 is 0 Å². The van der Waals surface area contributed by atoms with Crippen molar-refractivity contribution in [1.29, 1.82) is 0 Å². The number of aromatic nitrogens is 3. The van der Waals surface area contributed by atoms with Gasteiger partial charge in [-0.3, -0.25) is 4.79 Å². The summed E-state index contributed by atoms with van der Waals surface area (Å²) in [5.41, 5.74) is 0.365. The van der Waals surface area contributed by atoms with E-state index in [1.165, 1.54) is 61.1 Å². The molecule has 242 valence electrons. The Kier molecular flexibility index (Phi) is 12.3. The molecule has 2 atom stereocenters. The zero-order chi connectivity index (χ0) is 32.7. The van der Waals surface area contributed by atoms with Crippen LogP contribution in [0.2, 0.25) is 5.02 Å². The highest BCUT2D eigenvalue weighted by molar-refractivity contribution is 7.90. The fourth-order valence-electron chi connectivity index (χ4n) is 5.99. The number of hydrogen-bond acceptors (Lipinski definition) is 6. The van der Waals surface area contributed by atoms with Crippen LogP contribution >= 0.6 is 11.6 Å². The van der Waals surface area contributed by atoms with Gasteiger partial charge in [-0.15, -0.1) is 0 Å². The van der Waals surface area contributed by atoms with Gasteiger partial charge in [0.15, 0.2) is 0 Å². The number of benzene rings is 1. The molecule has 2 aromatic heterocycles. The quantitative estimate of drug-likeness (QED) is 0.122. The van der Waals surface area contributed by atoms with Gasteiger partial charge in [0.1, 0.15) is 5.82 Å². The first kappa shape index (κ1) is 35.9. The highest BCUT2D eigenvalue weighted by Crippen LogP contribution is 2.41. The molecular weight excluding hydrogens is 601 g/mol. The summed E-state index contributed by atoms with van der Waals surface area (Å²) in [6, 6.07) is 8.48. The average Bonchev–Trinajstić information content (AvgIpc) is 2.94. The van der Waals surface area contributed by atoms with Crippen LogP contribution < -0.4 is 5.56 Å². The largest absolute Gasteiger partial charge is 0.373 e. The summed E-state index contributed by atoms with van der Waals surface area (Å²) < 4.78 is 46.8. The van der Waals surface area contributed by atoms with Crippen molar-refractivity contribution in [3.05, 3.63) is 75.5 Å². The monoisotopic (exact) mass is 647 g/mol. The number of rotatable bonds is 15. The van der Waals surface area contributed by atoms with E-state index in [0.29, 0.717) is 16.8 Å². The first-order valence-electron chi connectivity index (χ1n) is 15.4. The van der Waals surface area contributed by atoms with Gasteiger partial charge in [-0.05, 0) is 61.4 Å². The van der Waals surface area contributed by atoms with Gasteiger partial charge in [0.25, 0.3) is 5.56 Å². The van der Waals surface area contributed by atoms with E-state index < -0.39 is 27.3 Å². The minimum Gasteiger partial charge on any atom is -0.373 e. The SMILES string of the molecule is CCCCCCCCC(C(C)(C)C)C(C)(C)OC[C@H](c1ccc(Cl)c(F)c1)n1ccc(-c2ccnc(S(C)(=O)=O)n2)cc1=O. The van der Waals surface area contributed by atoms with E-state index in [2.05, 4.69) is 51.5 Å². The Bertz CT molecular complexity index is 1570. The molecule has 0 radical (unpaired) electrons. The van der Waals surface area contributed by atoms with Crippen LogP contribution in [0.3, 0.4) is 0 Å². The van der Waals surface area contributed by atoms with E-state index in [1.54, 1.807) is 24.4 Å². The fourth-order valence-corrected chi connectivity index (χ4v) is 6.62. The molecule has 0 bridgehead atoms. The Morgan fingerprint density at radius 3 is 2.30 bits per heavy atom. The molecule has 10 heteroatoms. The van der Waals surface area contributed by atoms with Crippen LogP contribution in [0, 0.1) is 17.2 Å². The number of unbranched alkanes of at least 4 members (excludes halogenated alkanes) is 5. The molecule has 0 fully saturated rings. The van der Waals surface area contributed by atoms with Gasteiger partial charge in [0, 0.05) is 30.3 Å². The molecule has 44 heavy (non-hydrogen) atoms. The average molecular weight is 648 g/mol. The number of sulfone groups is 1. The maximum absolute atomic E-state index is 14.7. The van der Waals surface area contributed by atoms with Gasteiger partial charge in [-0.25, -0.2) is 22.8 Å². The number of halogens is 2. The molecule has 3 rings (SSSR count). The third-order valence-electron chi connectivity index (χ3n) is 8.22. The van der Waals surface area contributed by atoms with E-state index in [0.717, 1.165) is 19.1 Å². The predicted octanol–water partition coefficient (Wildman–Crippen LogP) is 8.30. The van der Waals surface area contributed by atoms with Crippen molar-refractivity contribution in [3.8, 4) is 11.3 Å². The third-order valence-corrected chi connectivity index (χ3v) is 9.38. The van der Waals surface area contributed by atoms with Gasteiger partial charge in [-0.2, -0.15) is 0 Å². The summed E-state index contributed by atoms with van der Waals surface area (Å²) >= 11 is 6.00. The van der Waals surface area contributed by atoms with E-state index >= 15 is 0 Å². The van der Waals surface area contributed by atoms with Crippen molar-refractivity contribution in [2.24, 2.45) is 11.3 Å². The number of pyridine rings is 1. The first-order valence-corrected chi connectivity index (χ1v) is 17.7. The summed E-state index contributed by atoms with van der Waals surface area (Å²) in [5, 5.41) is -0.327. The van der Waals surface area contributed by atoms with Gasteiger partial charge in [0.2, 0.25) is 15.0 Å². The fraction of sp³-hybridized carbons (Fsp3) is 0.559. The van der Waals surface area contributed by atoms with Crippen LogP contribution in [0.5, 0.6) is 0 Å². The Labute approximate surface area is 267 Å². The second kappa shape index (κ2) is 15.1. The molecule has 0 saturated carbocycles. The van der Waals surface area contributed by atoms with Gasteiger partial charge < -0.3 is 9.30 Å². The molecule has 3 aromatic rings. The lowest BCUT2D eigenvalue weighted by molar-refractivity contribution is -0.102. The predicted molar refractivity (Wildman–Crippen MR) is 175 cm³/mol. The molecule has 0 spiro atoms. The molecule has 0 amide bonds. The Morgan fingerprint density at radius 1 is 1.00 bits per heavy atom. The topological polar surface area (TPSA) is 91.2 Å². The number of hydrogen-bond donors (Lipinski definition) is 0.